The molecule has 1 fully saturated rings. The Labute approximate surface area is 205 Å². The third kappa shape index (κ3) is 4.59. The molecule has 0 radical (unpaired) electrons. The van der Waals surface area contributed by atoms with Crippen LogP contribution in [0.1, 0.15) is 37.8 Å². The van der Waals surface area contributed by atoms with Gasteiger partial charge in [0, 0.05) is 25.7 Å². The second kappa shape index (κ2) is 9.79. The van der Waals surface area contributed by atoms with Crippen molar-refractivity contribution in [3.05, 3.63) is 65.7 Å². The van der Waals surface area contributed by atoms with Crippen molar-refractivity contribution in [1.29, 1.82) is 5.26 Å². The molecule has 0 aromatic heterocycles. The first kappa shape index (κ1) is 24.3. The van der Waals surface area contributed by atoms with E-state index in [2.05, 4.69) is 11.4 Å². The van der Waals surface area contributed by atoms with Crippen molar-refractivity contribution in [3.63, 3.8) is 0 Å². The van der Waals surface area contributed by atoms with Gasteiger partial charge in [-0.05, 0) is 29.5 Å². The molecular formula is C27H30N4O4. The molecule has 35 heavy (non-hydrogen) atoms. The predicted molar refractivity (Wildman–Crippen MR) is 130 cm³/mol. The van der Waals surface area contributed by atoms with Crippen molar-refractivity contribution in [2.45, 2.75) is 50.8 Å². The molecule has 0 bridgehead atoms. The molecule has 182 valence electrons. The number of likely N-dealkylation sites (N-methyl/N-ethyl adjacent to an activating group) is 1. The Kier molecular flexibility index (Phi) is 6.79. The van der Waals surface area contributed by atoms with Crippen molar-refractivity contribution in [2.24, 2.45) is 5.92 Å². The number of nitrogens with zero attached hydrogens (tertiary/aromatic N) is 3. The summed E-state index contributed by atoms with van der Waals surface area (Å²) in [7, 11) is 1.54. The fraction of sp³-hybridized carbons (Fsp3) is 0.407. The summed E-state index contributed by atoms with van der Waals surface area (Å²) in [5.41, 5.74) is 1.39. The van der Waals surface area contributed by atoms with Crippen molar-refractivity contribution in [2.75, 3.05) is 18.9 Å². The third-order valence-electron chi connectivity index (χ3n) is 6.86. The molecule has 1 spiro atoms. The van der Waals surface area contributed by atoms with E-state index in [1.807, 2.05) is 68.4 Å². The van der Waals surface area contributed by atoms with Gasteiger partial charge in [-0.1, -0.05) is 62.4 Å². The number of fused-ring (bicyclic) bond motifs is 2. The van der Waals surface area contributed by atoms with Gasteiger partial charge in [-0.15, -0.1) is 0 Å². The molecule has 4 rings (SSSR count). The number of benzene rings is 2. The minimum atomic E-state index is -0.971. The molecule has 2 aliphatic rings. The highest BCUT2D eigenvalue weighted by atomic mass is 16.6. The highest BCUT2D eigenvalue weighted by molar-refractivity contribution is 6.07. The minimum absolute atomic E-state index is 0.0917. The number of carbonyl (C=O) groups excluding carboxylic acids is 3. The Hall–Kier alpha value is -3.86. The Balaban J connectivity index is 1.56. The van der Waals surface area contributed by atoms with E-state index < -0.39 is 23.6 Å². The number of para-hydroxylation sites is 1. The van der Waals surface area contributed by atoms with Crippen LogP contribution in [0.4, 0.5) is 10.5 Å². The van der Waals surface area contributed by atoms with Gasteiger partial charge in [0.05, 0.1) is 11.5 Å². The average molecular weight is 475 g/mol. The molecule has 8 heteroatoms. The topological polar surface area (TPSA) is 103 Å². The van der Waals surface area contributed by atoms with Crippen LogP contribution in [0, 0.1) is 17.2 Å². The van der Waals surface area contributed by atoms with E-state index in [1.54, 1.807) is 7.05 Å². The molecule has 8 nitrogen and oxygen atoms in total. The van der Waals surface area contributed by atoms with Gasteiger partial charge in [0.25, 0.3) is 0 Å². The SMILES string of the molecule is CC(C)CC(C(=O)N1C[C@]2(C[C@H]1C#N)C(=O)Nc1ccccc12)N(C)C(=O)OCc1ccccc1. The van der Waals surface area contributed by atoms with E-state index in [4.69, 9.17) is 4.74 Å². The van der Waals surface area contributed by atoms with Crippen molar-refractivity contribution >= 4 is 23.6 Å². The van der Waals surface area contributed by atoms with Gasteiger partial charge in [-0.2, -0.15) is 5.26 Å². The number of hydrogen-bond donors (Lipinski definition) is 1. The second-order valence-corrected chi connectivity index (χ2v) is 9.69. The maximum absolute atomic E-state index is 13.8. The Bertz CT molecular complexity index is 1160. The van der Waals surface area contributed by atoms with E-state index in [0.29, 0.717) is 12.1 Å². The summed E-state index contributed by atoms with van der Waals surface area (Å²) >= 11 is 0. The summed E-state index contributed by atoms with van der Waals surface area (Å²) in [4.78, 5) is 42.5. The average Bonchev–Trinajstić information content (AvgIpc) is 3.39. The molecule has 2 aliphatic heterocycles. The lowest BCUT2D eigenvalue weighted by Gasteiger charge is -2.32. The normalized spacial score (nSPS) is 21.4. The Morgan fingerprint density at radius 2 is 1.89 bits per heavy atom. The fourth-order valence-electron chi connectivity index (χ4n) is 5.00. The zero-order valence-corrected chi connectivity index (χ0v) is 20.2. The summed E-state index contributed by atoms with van der Waals surface area (Å²) in [5.74, 6) is -0.440. The Morgan fingerprint density at radius 3 is 2.57 bits per heavy atom. The maximum atomic E-state index is 13.8. The first-order valence-electron chi connectivity index (χ1n) is 11.8. The van der Waals surface area contributed by atoms with Crippen LogP contribution < -0.4 is 5.32 Å². The standard InChI is InChI=1S/C27H30N4O4/c1-18(2)13-23(30(3)26(34)35-16-19-9-5-4-6-10-19)24(32)31-17-27(14-20(31)15-28)21-11-7-8-12-22(21)29-25(27)33/h4-12,18,20,23H,13-14,16-17H2,1-3H3,(H,29,33)/t20-,23?,27-/m0/s1. The molecular weight excluding hydrogens is 444 g/mol. The second-order valence-electron chi connectivity index (χ2n) is 9.69. The number of amides is 3. The van der Waals surface area contributed by atoms with Crippen LogP contribution >= 0.6 is 0 Å². The molecule has 2 heterocycles. The van der Waals surface area contributed by atoms with Crippen LogP contribution in [-0.2, 0) is 26.3 Å². The zero-order valence-electron chi connectivity index (χ0n) is 20.2. The molecule has 1 N–H and O–H groups in total. The predicted octanol–water partition coefficient (Wildman–Crippen LogP) is 3.68. The van der Waals surface area contributed by atoms with E-state index in [1.165, 1.54) is 9.80 Å². The van der Waals surface area contributed by atoms with Crippen molar-refractivity contribution < 1.29 is 19.1 Å². The van der Waals surface area contributed by atoms with Crippen LogP contribution in [-0.4, -0.2) is 53.4 Å². The number of nitriles is 1. The number of hydrogen-bond acceptors (Lipinski definition) is 5. The highest BCUT2D eigenvalue weighted by Gasteiger charge is 2.56. The molecule has 1 unspecified atom stereocenters. The fourth-order valence-corrected chi connectivity index (χ4v) is 5.00. The monoisotopic (exact) mass is 474 g/mol. The zero-order chi connectivity index (χ0) is 25.2. The summed E-state index contributed by atoms with van der Waals surface area (Å²) in [6, 6.07) is 17.3. The molecule has 3 atom stereocenters. The van der Waals surface area contributed by atoms with Crippen LogP contribution in [0.3, 0.4) is 0 Å². The number of ether oxygens (including phenoxy) is 1. The first-order chi connectivity index (χ1) is 16.8. The van der Waals surface area contributed by atoms with Crippen LogP contribution in [0.15, 0.2) is 54.6 Å². The lowest BCUT2D eigenvalue weighted by atomic mass is 9.80. The molecule has 0 aliphatic carbocycles. The van der Waals surface area contributed by atoms with Gasteiger partial charge in [0.1, 0.15) is 18.7 Å². The van der Waals surface area contributed by atoms with E-state index in [-0.39, 0.29) is 37.3 Å². The third-order valence-corrected chi connectivity index (χ3v) is 6.86. The van der Waals surface area contributed by atoms with Gasteiger partial charge in [0.15, 0.2) is 0 Å². The lowest BCUT2D eigenvalue weighted by Crippen LogP contribution is -2.52. The quantitative estimate of drug-likeness (QED) is 0.688. The number of rotatable bonds is 6. The Morgan fingerprint density at radius 1 is 1.20 bits per heavy atom. The van der Waals surface area contributed by atoms with Crippen LogP contribution in [0.25, 0.3) is 0 Å². The highest BCUT2D eigenvalue weighted by Crippen LogP contribution is 2.46. The van der Waals surface area contributed by atoms with Crippen molar-refractivity contribution in [1.82, 2.24) is 9.80 Å². The summed E-state index contributed by atoms with van der Waals surface area (Å²) in [6.45, 7) is 4.13. The number of nitrogens with one attached hydrogen (secondary N) is 1. The lowest BCUT2D eigenvalue weighted by molar-refractivity contribution is -0.137. The molecule has 2 aromatic carbocycles. The summed E-state index contributed by atoms with van der Waals surface area (Å²) in [5, 5.41) is 12.8. The molecule has 0 saturated carbocycles. The summed E-state index contributed by atoms with van der Waals surface area (Å²) < 4.78 is 5.46. The largest absolute Gasteiger partial charge is 0.445 e. The van der Waals surface area contributed by atoms with E-state index in [0.717, 1.165) is 11.1 Å². The van der Waals surface area contributed by atoms with Gasteiger partial charge in [-0.25, -0.2) is 4.79 Å². The smallest absolute Gasteiger partial charge is 0.410 e. The number of carbonyl (C=O) groups is 3. The van der Waals surface area contributed by atoms with Crippen LogP contribution in [0.2, 0.25) is 0 Å². The van der Waals surface area contributed by atoms with Gasteiger partial charge in [0.2, 0.25) is 11.8 Å². The van der Waals surface area contributed by atoms with Crippen molar-refractivity contribution in [3.8, 4) is 6.07 Å². The van der Waals surface area contributed by atoms with Gasteiger partial charge >= 0.3 is 6.09 Å². The van der Waals surface area contributed by atoms with Gasteiger partial charge < -0.3 is 15.0 Å². The number of likely N-dealkylation sites (tertiary alicyclic amines) is 1. The van der Waals surface area contributed by atoms with E-state index >= 15 is 0 Å². The number of anilines is 1. The van der Waals surface area contributed by atoms with Crippen LogP contribution in [0.5, 0.6) is 0 Å². The molecule has 1 saturated heterocycles. The summed E-state index contributed by atoms with van der Waals surface area (Å²) in [6.07, 6.45) is 0.00807. The molecule has 2 aromatic rings. The first-order valence-corrected chi connectivity index (χ1v) is 11.8. The van der Waals surface area contributed by atoms with Gasteiger partial charge in [-0.3, -0.25) is 14.5 Å². The minimum Gasteiger partial charge on any atom is -0.445 e. The maximum Gasteiger partial charge on any atom is 0.410 e. The molecule has 3 amide bonds. The van der Waals surface area contributed by atoms with E-state index in [9.17, 15) is 19.6 Å².